The molecular weight excluding hydrogens is 236 g/mol. The van der Waals surface area contributed by atoms with E-state index in [-0.39, 0.29) is 5.56 Å². The lowest BCUT2D eigenvalue weighted by Crippen LogP contribution is -2.03. The lowest BCUT2D eigenvalue weighted by molar-refractivity contribution is 0.602. The SMILES string of the molecule is NCCCc1nccc(-c2cc(F)ccc2F)n1. The molecule has 5 heteroatoms. The van der Waals surface area contributed by atoms with Crippen molar-refractivity contribution < 1.29 is 8.78 Å². The third-order valence-corrected chi connectivity index (χ3v) is 2.51. The van der Waals surface area contributed by atoms with Crippen LogP contribution in [0, 0.1) is 11.6 Å². The smallest absolute Gasteiger partial charge is 0.132 e. The van der Waals surface area contributed by atoms with Gasteiger partial charge in [0.25, 0.3) is 0 Å². The highest BCUT2D eigenvalue weighted by Crippen LogP contribution is 2.21. The molecule has 0 spiro atoms. The van der Waals surface area contributed by atoms with Gasteiger partial charge in [0.2, 0.25) is 0 Å². The third kappa shape index (κ3) is 2.87. The molecule has 0 atom stereocenters. The number of aromatic nitrogens is 2. The summed E-state index contributed by atoms with van der Waals surface area (Å²) in [6, 6.07) is 4.86. The van der Waals surface area contributed by atoms with Crippen molar-refractivity contribution in [1.29, 1.82) is 0 Å². The summed E-state index contributed by atoms with van der Waals surface area (Å²) in [6.07, 6.45) is 2.93. The number of nitrogens with two attached hydrogens (primary N) is 1. The average Bonchev–Trinajstić information content (AvgIpc) is 2.39. The minimum atomic E-state index is -0.500. The molecule has 0 saturated carbocycles. The summed E-state index contributed by atoms with van der Waals surface area (Å²) in [6.45, 7) is 0.544. The molecule has 1 heterocycles. The molecule has 2 aromatic rings. The Labute approximate surface area is 104 Å². The highest BCUT2D eigenvalue weighted by Gasteiger charge is 2.09. The van der Waals surface area contributed by atoms with Crippen molar-refractivity contribution in [3.8, 4) is 11.3 Å². The Morgan fingerprint density at radius 3 is 2.78 bits per heavy atom. The molecule has 0 aliphatic heterocycles. The summed E-state index contributed by atoms with van der Waals surface area (Å²) in [7, 11) is 0. The van der Waals surface area contributed by atoms with Crippen molar-refractivity contribution in [2.24, 2.45) is 5.73 Å². The maximum absolute atomic E-state index is 13.6. The van der Waals surface area contributed by atoms with Gasteiger partial charge in [-0.2, -0.15) is 0 Å². The molecule has 0 aliphatic rings. The lowest BCUT2D eigenvalue weighted by atomic mass is 10.1. The van der Waals surface area contributed by atoms with Crippen LogP contribution in [0.25, 0.3) is 11.3 Å². The van der Waals surface area contributed by atoms with Crippen LogP contribution in [0.3, 0.4) is 0 Å². The molecule has 2 N–H and O–H groups in total. The topological polar surface area (TPSA) is 51.8 Å². The summed E-state index contributed by atoms with van der Waals surface area (Å²) in [5.41, 5.74) is 5.93. The van der Waals surface area contributed by atoms with Gasteiger partial charge in [0, 0.05) is 18.2 Å². The van der Waals surface area contributed by atoms with Gasteiger partial charge >= 0.3 is 0 Å². The molecule has 1 aromatic heterocycles. The van der Waals surface area contributed by atoms with Crippen LogP contribution in [0.1, 0.15) is 12.2 Å². The fourth-order valence-corrected chi connectivity index (χ4v) is 1.62. The quantitative estimate of drug-likeness (QED) is 0.904. The number of benzene rings is 1. The second-order valence-corrected chi connectivity index (χ2v) is 3.87. The number of hydrogen-bond donors (Lipinski definition) is 1. The molecule has 0 aliphatic carbocycles. The summed E-state index contributed by atoms with van der Waals surface area (Å²) >= 11 is 0. The first kappa shape index (κ1) is 12.6. The van der Waals surface area contributed by atoms with E-state index >= 15 is 0 Å². The van der Waals surface area contributed by atoms with Crippen LogP contribution in [-0.4, -0.2) is 16.5 Å². The van der Waals surface area contributed by atoms with E-state index in [1.54, 1.807) is 12.3 Å². The number of nitrogens with zero attached hydrogens (tertiary/aromatic N) is 2. The molecule has 0 fully saturated rings. The number of hydrogen-bond acceptors (Lipinski definition) is 3. The zero-order chi connectivity index (χ0) is 13.0. The van der Waals surface area contributed by atoms with Crippen molar-refractivity contribution in [2.45, 2.75) is 12.8 Å². The first-order valence-corrected chi connectivity index (χ1v) is 5.68. The number of halogens is 2. The molecule has 2 rings (SSSR count). The Bertz CT molecular complexity index is 544. The van der Waals surface area contributed by atoms with Gasteiger partial charge in [0.05, 0.1) is 5.69 Å². The molecule has 94 valence electrons. The van der Waals surface area contributed by atoms with Crippen LogP contribution in [0.2, 0.25) is 0 Å². The second kappa shape index (κ2) is 5.64. The average molecular weight is 249 g/mol. The van der Waals surface area contributed by atoms with Crippen molar-refractivity contribution in [3.05, 3.63) is 47.9 Å². The molecule has 0 bridgehead atoms. The van der Waals surface area contributed by atoms with E-state index in [2.05, 4.69) is 9.97 Å². The van der Waals surface area contributed by atoms with E-state index < -0.39 is 11.6 Å². The maximum Gasteiger partial charge on any atom is 0.132 e. The van der Waals surface area contributed by atoms with Crippen molar-refractivity contribution in [2.75, 3.05) is 6.54 Å². The highest BCUT2D eigenvalue weighted by atomic mass is 19.1. The zero-order valence-electron chi connectivity index (χ0n) is 9.74. The monoisotopic (exact) mass is 249 g/mol. The van der Waals surface area contributed by atoms with E-state index in [9.17, 15) is 8.78 Å². The third-order valence-electron chi connectivity index (χ3n) is 2.51. The Kier molecular flexibility index (Phi) is 3.94. The van der Waals surface area contributed by atoms with Crippen LogP contribution < -0.4 is 5.73 Å². The second-order valence-electron chi connectivity index (χ2n) is 3.87. The summed E-state index contributed by atoms with van der Waals surface area (Å²) in [5, 5.41) is 0. The van der Waals surface area contributed by atoms with Crippen molar-refractivity contribution in [3.63, 3.8) is 0 Å². The van der Waals surface area contributed by atoms with Gasteiger partial charge in [0.15, 0.2) is 0 Å². The van der Waals surface area contributed by atoms with Gasteiger partial charge in [-0.05, 0) is 37.2 Å². The summed E-state index contributed by atoms with van der Waals surface area (Å²) in [4.78, 5) is 8.28. The standard InChI is InChI=1S/C13H13F2N3/c14-9-3-4-11(15)10(8-9)12-5-7-17-13(18-12)2-1-6-16/h3-5,7-8H,1-2,6,16H2. The minimum absolute atomic E-state index is 0.145. The van der Waals surface area contributed by atoms with Crippen molar-refractivity contribution in [1.82, 2.24) is 9.97 Å². The van der Waals surface area contributed by atoms with E-state index in [0.717, 1.165) is 24.6 Å². The first-order chi connectivity index (χ1) is 8.70. The van der Waals surface area contributed by atoms with Crippen LogP contribution in [0.15, 0.2) is 30.5 Å². The zero-order valence-corrected chi connectivity index (χ0v) is 9.74. The van der Waals surface area contributed by atoms with Crippen LogP contribution in [0.4, 0.5) is 8.78 Å². The Balaban J connectivity index is 2.35. The Morgan fingerprint density at radius 1 is 1.17 bits per heavy atom. The number of rotatable bonds is 4. The molecule has 3 nitrogen and oxygen atoms in total. The molecular formula is C13H13F2N3. The van der Waals surface area contributed by atoms with Gasteiger partial charge < -0.3 is 5.73 Å². The van der Waals surface area contributed by atoms with Gasteiger partial charge in [-0.25, -0.2) is 18.7 Å². The fraction of sp³-hybridized carbons (Fsp3) is 0.231. The minimum Gasteiger partial charge on any atom is -0.330 e. The van der Waals surface area contributed by atoms with Gasteiger partial charge in [0.1, 0.15) is 17.5 Å². The maximum atomic E-state index is 13.6. The predicted molar refractivity (Wildman–Crippen MR) is 64.8 cm³/mol. The Morgan fingerprint density at radius 2 is 2.00 bits per heavy atom. The molecule has 0 saturated heterocycles. The summed E-state index contributed by atoms with van der Waals surface area (Å²) in [5.74, 6) is -0.407. The lowest BCUT2D eigenvalue weighted by Gasteiger charge is -2.05. The molecule has 18 heavy (non-hydrogen) atoms. The van der Waals surface area contributed by atoms with Gasteiger partial charge in [-0.1, -0.05) is 0 Å². The van der Waals surface area contributed by atoms with Crippen molar-refractivity contribution >= 4 is 0 Å². The molecule has 0 unspecified atom stereocenters. The number of aryl methyl sites for hydroxylation is 1. The van der Waals surface area contributed by atoms with E-state index in [1.165, 1.54) is 0 Å². The highest BCUT2D eigenvalue weighted by molar-refractivity contribution is 5.59. The summed E-state index contributed by atoms with van der Waals surface area (Å²) < 4.78 is 26.7. The van der Waals surface area contributed by atoms with Crippen LogP contribution in [0.5, 0.6) is 0 Å². The van der Waals surface area contributed by atoms with E-state index in [1.807, 2.05) is 0 Å². The molecule has 0 amide bonds. The normalized spacial score (nSPS) is 10.6. The predicted octanol–water partition coefficient (Wildman–Crippen LogP) is 2.31. The van der Waals surface area contributed by atoms with E-state index in [0.29, 0.717) is 24.5 Å². The van der Waals surface area contributed by atoms with Gasteiger partial charge in [-0.3, -0.25) is 0 Å². The molecule has 0 radical (unpaired) electrons. The first-order valence-electron chi connectivity index (χ1n) is 5.68. The van der Waals surface area contributed by atoms with Gasteiger partial charge in [-0.15, -0.1) is 0 Å². The fourth-order valence-electron chi connectivity index (χ4n) is 1.62. The largest absolute Gasteiger partial charge is 0.330 e. The van der Waals surface area contributed by atoms with E-state index in [4.69, 9.17) is 5.73 Å². The Hall–Kier alpha value is -1.88. The molecule has 1 aromatic carbocycles. The van der Waals surface area contributed by atoms with Crippen LogP contribution in [-0.2, 0) is 6.42 Å². The van der Waals surface area contributed by atoms with Crippen LogP contribution >= 0.6 is 0 Å².